The smallest absolute Gasteiger partial charge is 0.270 e. The minimum Gasteiger partial charge on any atom is -0.380 e. The van der Waals surface area contributed by atoms with Gasteiger partial charge in [-0.2, -0.15) is 0 Å². The highest BCUT2D eigenvalue weighted by Gasteiger charge is 2.11. The molecule has 1 amide bonds. The molecule has 1 heterocycles. The molecular formula is C12H21N3O2S. The second-order valence-corrected chi connectivity index (χ2v) is 4.97. The summed E-state index contributed by atoms with van der Waals surface area (Å²) in [6.07, 6.45) is 2.17. The van der Waals surface area contributed by atoms with Gasteiger partial charge in [0.05, 0.1) is 12.6 Å². The molecule has 0 aromatic carbocycles. The quantitative estimate of drug-likeness (QED) is 0.706. The summed E-state index contributed by atoms with van der Waals surface area (Å²) < 4.78 is 5.35. The topological polar surface area (TPSA) is 77.2 Å². The second kappa shape index (κ2) is 8.18. The van der Waals surface area contributed by atoms with Crippen LogP contribution in [0.2, 0.25) is 0 Å². The van der Waals surface area contributed by atoms with Crippen molar-refractivity contribution >= 4 is 17.2 Å². The minimum atomic E-state index is -0.169. The Balaban J connectivity index is 2.23. The van der Waals surface area contributed by atoms with Crippen molar-refractivity contribution in [1.82, 2.24) is 10.3 Å². The third-order valence-electron chi connectivity index (χ3n) is 2.32. The maximum absolute atomic E-state index is 11.7. The van der Waals surface area contributed by atoms with E-state index in [2.05, 4.69) is 17.2 Å². The van der Waals surface area contributed by atoms with Gasteiger partial charge < -0.3 is 15.8 Å². The number of carbonyl (C=O) groups excluding carboxylic acids is 1. The number of nitrogens with two attached hydrogens (primary N) is 1. The van der Waals surface area contributed by atoms with Gasteiger partial charge in [0.2, 0.25) is 0 Å². The second-order valence-electron chi connectivity index (χ2n) is 4.08. The van der Waals surface area contributed by atoms with Gasteiger partial charge in [0.25, 0.3) is 5.91 Å². The van der Waals surface area contributed by atoms with Crippen LogP contribution in [0.15, 0.2) is 5.38 Å². The molecule has 1 aromatic heterocycles. The van der Waals surface area contributed by atoms with E-state index in [4.69, 9.17) is 10.5 Å². The fourth-order valence-electron chi connectivity index (χ4n) is 1.28. The molecule has 1 unspecified atom stereocenters. The average molecular weight is 271 g/mol. The van der Waals surface area contributed by atoms with Gasteiger partial charge in [-0.25, -0.2) is 4.98 Å². The molecule has 1 atom stereocenters. The minimum absolute atomic E-state index is 0.131. The Morgan fingerprint density at radius 1 is 1.61 bits per heavy atom. The number of carbonyl (C=O) groups is 1. The zero-order valence-corrected chi connectivity index (χ0v) is 11.8. The largest absolute Gasteiger partial charge is 0.380 e. The SMILES string of the molecule is CCCCOCCNC(=O)c1csc(C(C)N)n1. The third kappa shape index (κ3) is 5.12. The molecule has 0 saturated heterocycles. The number of thiazole rings is 1. The van der Waals surface area contributed by atoms with E-state index in [0.29, 0.717) is 18.8 Å². The van der Waals surface area contributed by atoms with Crippen molar-refractivity contribution < 1.29 is 9.53 Å². The highest BCUT2D eigenvalue weighted by atomic mass is 32.1. The van der Waals surface area contributed by atoms with Crippen molar-refractivity contribution in [3.05, 3.63) is 16.1 Å². The summed E-state index contributed by atoms with van der Waals surface area (Å²) in [5, 5.41) is 5.27. The zero-order chi connectivity index (χ0) is 13.4. The molecule has 3 N–H and O–H groups in total. The van der Waals surface area contributed by atoms with Gasteiger partial charge in [0, 0.05) is 18.5 Å². The fraction of sp³-hybridized carbons (Fsp3) is 0.667. The predicted molar refractivity (Wildman–Crippen MR) is 72.8 cm³/mol. The summed E-state index contributed by atoms with van der Waals surface area (Å²) in [6.45, 7) is 5.76. The molecule has 0 aliphatic rings. The van der Waals surface area contributed by atoms with Crippen molar-refractivity contribution in [1.29, 1.82) is 0 Å². The Morgan fingerprint density at radius 2 is 2.39 bits per heavy atom. The maximum atomic E-state index is 11.7. The van der Waals surface area contributed by atoms with Gasteiger partial charge in [-0.05, 0) is 13.3 Å². The Labute approximate surface area is 112 Å². The molecular weight excluding hydrogens is 250 g/mol. The van der Waals surface area contributed by atoms with Gasteiger partial charge >= 0.3 is 0 Å². The zero-order valence-electron chi connectivity index (χ0n) is 10.9. The molecule has 6 heteroatoms. The first-order chi connectivity index (χ1) is 8.65. The molecule has 0 aliphatic carbocycles. The van der Waals surface area contributed by atoms with E-state index in [0.717, 1.165) is 24.5 Å². The number of hydrogen-bond donors (Lipinski definition) is 2. The van der Waals surface area contributed by atoms with Gasteiger partial charge in [-0.3, -0.25) is 4.79 Å². The number of unbranched alkanes of at least 4 members (excludes halogenated alkanes) is 1. The summed E-state index contributed by atoms with van der Waals surface area (Å²) in [5.74, 6) is -0.169. The average Bonchev–Trinajstić information content (AvgIpc) is 2.83. The number of hydrogen-bond acceptors (Lipinski definition) is 5. The van der Waals surface area contributed by atoms with Crippen molar-refractivity contribution in [3.63, 3.8) is 0 Å². The monoisotopic (exact) mass is 271 g/mol. The number of nitrogens with zero attached hydrogens (tertiary/aromatic N) is 1. The highest BCUT2D eigenvalue weighted by Crippen LogP contribution is 2.15. The van der Waals surface area contributed by atoms with Gasteiger partial charge in [-0.15, -0.1) is 11.3 Å². The normalized spacial score (nSPS) is 12.4. The summed E-state index contributed by atoms with van der Waals surface area (Å²) in [5.41, 5.74) is 6.12. The molecule has 0 bridgehead atoms. The molecule has 0 aliphatic heterocycles. The molecule has 0 spiro atoms. The summed E-state index contributed by atoms with van der Waals surface area (Å²) in [7, 11) is 0. The molecule has 5 nitrogen and oxygen atoms in total. The molecule has 1 rings (SSSR count). The number of rotatable bonds is 8. The van der Waals surface area contributed by atoms with E-state index in [1.807, 2.05) is 6.92 Å². The summed E-state index contributed by atoms with van der Waals surface area (Å²) in [6, 6.07) is -0.131. The number of amides is 1. The van der Waals surface area contributed by atoms with Crippen LogP contribution in [0.4, 0.5) is 0 Å². The number of aromatic nitrogens is 1. The van der Waals surface area contributed by atoms with Crippen LogP contribution >= 0.6 is 11.3 Å². The van der Waals surface area contributed by atoms with E-state index in [-0.39, 0.29) is 11.9 Å². The van der Waals surface area contributed by atoms with Crippen LogP contribution in [0.3, 0.4) is 0 Å². The Morgan fingerprint density at radius 3 is 3.00 bits per heavy atom. The standard InChI is InChI=1S/C12H21N3O2S/c1-3-4-6-17-7-5-14-11(16)10-8-18-12(15-10)9(2)13/h8-9H,3-7,13H2,1-2H3,(H,14,16). The first kappa shape index (κ1) is 15.1. The molecule has 0 saturated carbocycles. The summed E-state index contributed by atoms with van der Waals surface area (Å²) in [4.78, 5) is 15.9. The lowest BCUT2D eigenvalue weighted by atomic mass is 10.4. The van der Waals surface area contributed by atoms with Gasteiger partial charge in [0.15, 0.2) is 0 Å². The molecule has 102 valence electrons. The van der Waals surface area contributed by atoms with E-state index >= 15 is 0 Å². The van der Waals surface area contributed by atoms with E-state index in [1.54, 1.807) is 5.38 Å². The highest BCUT2D eigenvalue weighted by molar-refractivity contribution is 7.09. The van der Waals surface area contributed by atoms with Crippen molar-refractivity contribution in [3.8, 4) is 0 Å². The van der Waals surface area contributed by atoms with E-state index < -0.39 is 0 Å². The number of nitrogens with one attached hydrogen (secondary N) is 1. The Bertz CT molecular complexity index is 366. The maximum Gasteiger partial charge on any atom is 0.270 e. The first-order valence-corrected chi connectivity index (χ1v) is 7.10. The van der Waals surface area contributed by atoms with Crippen LogP contribution < -0.4 is 11.1 Å². The summed E-state index contributed by atoms with van der Waals surface area (Å²) >= 11 is 1.41. The van der Waals surface area contributed by atoms with Crippen LogP contribution in [0.5, 0.6) is 0 Å². The molecule has 0 fully saturated rings. The van der Waals surface area contributed by atoms with Crippen LogP contribution in [0.1, 0.15) is 48.2 Å². The lowest BCUT2D eigenvalue weighted by Gasteiger charge is -2.04. The lowest BCUT2D eigenvalue weighted by molar-refractivity contribution is 0.0908. The molecule has 18 heavy (non-hydrogen) atoms. The van der Waals surface area contributed by atoms with Crippen LogP contribution in [-0.4, -0.2) is 30.6 Å². The Kier molecular flexibility index (Phi) is 6.85. The van der Waals surface area contributed by atoms with Crippen molar-refractivity contribution in [2.45, 2.75) is 32.7 Å². The van der Waals surface area contributed by atoms with E-state index in [1.165, 1.54) is 11.3 Å². The third-order valence-corrected chi connectivity index (χ3v) is 3.36. The van der Waals surface area contributed by atoms with Crippen molar-refractivity contribution in [2.24, 2.45) is 5.73 Å². The van der Waals surface area contributed by atoms with E-state index in [9.17, 15) is 4.79 Å². The fourth-order valence-corrected chi connectivity index (χ4v) is 2.03. The Hall–Kier alpha value is -0.980. The van der Waals surface area contributed by atoms with Crippen LogP contribution in [0.25, 0.3) is 0 Å². The first-order valence-electron chi connectivity index (χ1n) is 6.22. The van der Waals surface area contributed by atoms with Gasteiger partial charge in [0.1, 0.15) is 10.7 Å². The van der Waals surface area contributed by atoms with Gasteiger partial charge in [-0.1, -0.05) is 13.3 Å². The van der Waals surface area contributed by atoms with Crippen LogP contribution in [0, 0.1) is 0 Å². The molecule has 1 aromatic rings. The predicted octanol–water partition coefficient (Wildman–Crippen LogP) is 1.71. The van der Waals surface area contributed by atoms with Crippen LogP contribution in [-0.2, 0) is 4.74 Å². The molecule has 0 radical (unpaired) electrons. The lowest BCUT2D eigenvalue weighted by Crippen LogP contribution is -2.27. The number of ether oxygens (including phenoxy) is 1. The van der Waals surface area contributed by atoms with Crippen molar-refractivity contribution in [2.75, 3.05) is 19.8 Å².